The molecule has 42 heavy (non-hydrogen) atoms. The predicted molar refractivity (Wildman–Crippen MR) is 148 cm³/mol. The summed E-state index contributed by atoms with van der Waals surface area (Å²) in [4.78, 5) is 40.5. The van der Waals surface area contributed by atoms with Gasteiger partial charge in [0.2, 0.25) is 0 Å². The predicted octanol–water partition coefficient (Wildman–Crippen LogP) is 5.82. The van der Waals surface area contributed by atoms with Gasteiger partial charge in [0.1, 0.15) is 16.5 Å². The van der Waals surface area contributed by atoms with E-state index in [1.165, 1.54) is 67.6 Å². The van der Waals surface area contributed by atoms with E-state index in [0.717, 1.165) is 4.57 Å². The molecule has 4 aromatic rings. The summed E-state index contributed by atoms with van der Waals surface area (Å²) in [6.07, 6.45) is -3.74. The quantitative estimate of drug-likeness (QED) is 0.149. The number of thiazole rings is 1. The smallest absolute Gasteiger partial charge is 0.434 e. The van der Waals surface area contributed by atoms with E-state index in [-0.39, 0.29) is 43.7 Å². The Morgan fingerprint density at radius 2 is 1.90 bits per heavy atom. The molecular formula is C27H16Cl2F3N3O6S. The van der Waals surface area contributed by atoms with Crippen LogP contribution in [0.4, 0.5) is 18.9 Å². The largest absolute Gasteiger partial charge is 0.463 e. The average Bonchev–Trinajstić information content (AvgIpc) is 3.52. The Balaban J connectivity index is 1.68. The van der Waals surface area contributed by atoms with Crippen molar-refractivity contribution in [2.75, 3.05) is 6.61 Å². The molecule has 0 unspecified atom stereocenters. The summed E-state index contributed by atoms with van der Waals surface area (Å²) in [5, 5.41) is 11.5. The number of rotatable bonds is 6. The van der Waals surface area contributed by atoms with Crippen molar-refractivity contribution in [2.45, 2.75) is 19.1 Å². The second-order valence-corrected chi connectivity index (χ2v) is 10.6. The van der Waals surface area contributed by atoms with Crippen LogP contribution in [-0.4, -0.2) is 28.2 Å². The monoisotopic (exact) mass is 637 g/mol. The zero-order valence-electron chi connectivity index (χ0n) is 21.1. The van der Waals surface area contributed by atoms with E-state index in [4.69, 9.17) is 32.4 Å². The standard InChI is InChI=1S/C27H16Cl2F3N3O6S/c1-2-40-25(37)21-22(13-3-6-15(28)7-4-13)34-24(36)20(42-26(34)33-23(21)27(30,31)32)12-16-8-10-19(41-16)14-5-9-17(29)18(11-14)35(38)39/h3-12,22H,2H2,1H3/b20-12-/t22-/m1/s1. The minimum atomic E-state index is -5.04. The molecule has 9 nitrogen and oxygen atoms in total. The highest BCUT2D eigenvalue weighted by atomic mass is 35.5. The van der Waals surface area contributed by atoms with Crippen LogP contribution in [0.2, 0.25) is 10.0 Å². The van der Waals surface area contributed by atoms with E-state index in [2.05, 4.69) is 4.99 Å². The molecule has 15 heteroatoms. The maximum absolute atomic E-state index is 14.2. The third-order valence-corrected chi connectivity index (χ3v) is 7.66. The van der Waals surface area contributed by atoms with E-state index in [0.29, 0.717) is 21.9 Å². The number of esters is 1. The molecule has 5 rings (SSSR count). The second kappa shape index (κ2) is 11.2. The molecule has 0 radical (unpaired) electrons. The Kier molecular flexibility index (Phi) is 7.84. The van der Waals surface area contributed by atoms with Crippen molar-refractivity contribution in [3.8, 4) is 11.3 Å². The van der Waals surface area contributed by atoms with Crippen molar-refractivity contribution >= 4 is 52.3 Å². The summed E-state index contributed by atoms with van der Waals surface area (Å²) < 4.78 is 54.3. The second-order valence-electron chi connectivity index (χ2n) is 8.74. The number of ether oxygens (including phenoxy) is 1. The molecule has 2 aromatic carbocycles. The molecule has 216 valence electrons. The van der Waals surface area contributed by atoms with Gasteiger partial charge in [0.25, 0.3) is 11.2 Å². The highest BCUT2D eigenvalue weighted by molar-refractivity contribution is 7.07. The van der Waals surface area contributed by atoms with E-state index in [1.807, 2.05) is 0 Å². The number of alkyl halides is 3. The normalized spacial score (nSPS) is 15.4. The molecule has 0 bridgehead atoms. The fourth-order valence-corrected chi connectivity index (χ4v) is 5.62. The first kappa shape index (κ1) is 29.3. The summed E-state index contributed by atoms with van der Waals surface area (Å²) in [5.74, 6) is -0.913. The molecule has 1 aliphatic rings. The van der Waals surface area contributed by atoms with E-state index < -0.39 is 39.9 Å². The number of aromatic nitrogens is 1. The number of allylic oxidation sites excluding steroid dienone is 1. The average molecular weight is 638 g/mol. The van der Waals surface area contributed by atoms with E-state index >= 15 is 0 Å². The first-order valence-electron chi connectivity index (χ1n) is 12.0. The maximum atomic E-state index is 14.2. The molecule has 0 N–H and O–H groups in total. The lowest BCUT2D eigenvalue weighted by Crippen LogP contribution is -2.41. The van der Waals surface area contributed by atoms with Crippen LogP contribution < -0.4 is 14.9 Å². The zero-order chi connectivity index (χ0) is 30.3. The van der Waals surface area contributed by atoms with Crippen molar-refractivity contribution in [1.29, 1.82) is 0 Å². The third-order valence-electron chi connectivity index (χ3n) is 6.11. The van der Waals surface area contributed by atoms with Gasteiger partial charge in [-0.3, -0.25) is 19.5 Å². The Labute approximate surface area is 247 Å². The van der Waals surface area contributed by atoms with Gasteiger partial charge in [-0.15, -0.1) is 0 Å². The maximum Gasteiger partial charge on any atom is 0.434 e. The number of hydrogen-bond acceptors (Lipinski definition) is 8. The Morgan fingerprint density at radius 3 is 2.55 bits per heavy atom. The summed E-state index contributed by atoms with van der Waals surface area (Å²) in [7, 11) is 0. The molecule has 1 aliphatic heterocycles. The number of hydrogen-bond donors (Lipinski definition) is 0. The van der Waals surface area contributed by atoms with Crippen molar-refractivity contribution in [3.05, 3.63) is 117 Å². The summed E-state index contributed by atoms with van der Waals surface area (Å²) in [6.45, 7) is 1.24. The van der Waals surface area contributed by atoms with Crippen LogP contribution >= 0.6 is 34.5 Å². The summed E-state index contributed by atoms with van der Waals surface area (Å²) in [6, 6.07) is 11.2. The molecule has 0 spiro atoms. The van der Waals surface area contributed by atoms with Gasteiger partial charge in [0, 0.05) is 22.7 Å². The highest BCUT2D eigenvalue weighted by Crippen LogP contribution is 2.38. The third kappa shape index (κ3) is 5.50. The summed E-state index contributed by atoms with van der Waals surface area (Å²) in [5.41, 5.74) is -2.86. The van der Waals surface area contributed by atoms with Crippen LogP contribution in [0.5, 0.6) is 0 Å². The molecule has 0 saturated carbocycles. The molecule has 0 fully saturated rings. The minimum absolute atomic E-state index is 0.0395. The lowest BCUT2D eigenvalue weighted by molar-refractivity contribution is -0.384. The molecule has 2 aromatic heterocycles. The first-order chi connectivity index (χ1) is 19.9. The van der Waals surface area contributed by atoms with Crippen LogP contribution in [0.1, 0.15) is 24.3 Å². The number of benzene rings is 2. The fraction of sp³-hybridized carbons (Fsp3) is 0.148. The lowest BCUT2D eigenvalue weighted by Gasteiger charge is -2.26. The van der Waals surface area contributed by atoms with E-state index in [9.17, 15) is 32.9 Å². The Morgan fingerprint density at radius 1 is 1.19 bits per heavy atom. The summed E-state index contributed by atoms with van der Waals surface area (Å²) >= 11 is 12.5. The van der Waals surface area contributed by atoms with Crippen LogP contribution in [0.3, 0.4) is 0 Å². The Hall–Kier alpha value is -4.20. The highest BCUT2D eigenvalue weighted by Gasteiger charge is 2.45. The molecule has 1 atom stereocenters. The van der Waals surface area contributed by atoms with Gasteiger partial charge in [0.15, 0.2) is 10.5 Å². The zero-order valence-corrected chi connectivity index (χ0v) is 23.5. The van der Waals surface area contributed by atoms with Crippen molar-refractivity contribution < 1.29 is 32.0 Å². The Bertz CT molecular complexity index is 1940. The van der Waals surface area contributed by atoms with E-state index in [1.54, 1.807) is 0 Å². The van der Waals surface area contributed by atoms with Crippen LogP contribution in [0.15, 0.2) is 80.1 Å². The SMILES string of the molecule is CCOC(=O)C1=C(C(F)(F)F)N=c2s/c(=C\c3ccc(-c4ccc(Cl)c([N+](=O)[O-])c4)o3)c(=O)n2[C@@H]1c1ccc(Cl)cc1. The minimum Gasteiger partial charge on any atom is -0.463 e. The fourth-order valence-electron chi connectivity index (χ4n) is 4.32. The van der Waals surface area contributed by atoms with Gasteiger partial charge in [-0.25, -0.2) is 9.79 Å². The molecular weight excluding hydrogens is 622 g/mol. The number of nitrogens with zero attached hydrogens (tertiary/aromatic N) is 3. The lowest BCUT2D eigenvalue weighted by atomic mass is 9.95. The van der Waals surface area contributed by atoms with Gasteiger partial charge in [-0.1, -0.05) is 46.7 Å². The van der Waals surface area contributed by atoms with Gasteiger partial charge < -0.3 is 9.15 Å². The number of nitro benzene ring substituents is 1. The van der Waals surface area contributed by atoms with Gasteiger partial charge in [-0.2, -0.15) is 13.2 Å². The van der Waals surface area contributed by atoms with Crippen LogP contribution in [-0.2, 0) is 9.53 Å². The van der Waals surface area contributed by atoms with Gasteiger partial charge >= 0.3 is 12.1 Å². The molecule has 0 aliphatic carbocycles. The number of halogens is 5. The number of furan rings is 1. The number of nitro groups is 1. The first-order valence-corrected chi connectivity index (χ1v) is 13.6. The van der Waals surface area contributed by atoms with Crippen LogP contribution in [0, 0.1) is 10.1 Å². The van der Waals surface area contributed by atoms with Crippen molar-refractivity contribution in [2.24, 2.45) is 4.99 Å². The molecule has 0 amide bonds. The molecule has 0 saturated heterocycles. The van der Waals surface area contributed by atoms with Crippen LogP contribution in [0.25, 0.3) is 17.4 Å². The number of carbonyl (C=O) groups excluding carboxylic acids is 1. The number of carbonyl (C=O) groups is 1. The van der Waals surface area contributed by atoms with Gasteiger partial charge in [0.05, 0.1) is 27.7 Å². The number of fused-ring (bicyclic) bond motifs is 1. The van der Waals surface area contributed by atoms with Crippen molar-refractivity contribution in [1.82, 2.24) is 4.57 Å². The topological polar surface area (TPSA) is 117 Å². The van der Waals surface area contributed by atoms with Gasteiger partial charge in [-0.05, 0) is 48.9 Å². The molecule has 3 heterocycles. The van der Waals surface area contributed by atoms with Crippen molar-refractivity contribution in [3.63, 3.8) is 0 Å².